The van der Waals surface area contributed by atoms with Crippen LogP contribution in [0.4, 0.5) is 0 Å². The van der Waals surface area contributed by atoms with Gasteiger partial charge < -0.3 is 0 Å². The van der Waals surface area contributed by atoms with E-state index in [2.05, 4.69) is 48.3 Å². The summed E-state index contributed by atoms with van der Waals surface area (Å²) in [5, 5.41) is 0. The molecule has 0 radical (unpaired) electrons. The van der Waals surface area contributed by atoms with Crippen LogP contribution in [0.1, 0.15) is 29.5 Å². The number of rotatable bonds is 5. The Bertz CT molecular complexity index is 454. The molecule has 2 rings (SSSR count). The predicted octanol–water partition coefficient (Wildman–Crippen LogP) is 4.38. The maximum Gasteiger partial charge on any atom is 0.0299 e. The quantitative estimate of drug-likeness (QED) is 0.728. The summed E-state index contributed by atoms with van der Waals surface area (Å²) in [6.07, 6.45) is 8.70. The predicted molar refractivity (Wildman–Crippen MR) is 79.3 cm³/mol. The lowest BCUT2D eigenvalue weighted by molar-refractivity contribution is 0.731. The lowest BCUT2D eigenvalue weighted by atomic mass is 10.0. The molecule has 0 unspecified atom stereocenters. The van der Waals surface area contributed by atoms with Crippen LogP contribution < -0.4 is 0 Å². The average molecular weight is 262 g/mol. The van der Waals surface area contributed by atoms with Gasteiger partial charge in [0, 0.05) is 12.4 Å². The van der Waals surface area contributed by atoms with Crippen LogP contribution in [-0.2, 0) is 12.8 Å². The second-order valence-electron chi connectivity index (χ2n) is 4.49. The second kappa shape index (κ2) is 7.88. The molecule has 1 heterocycles. The van der Waals surface area contributed by atoms with E-state index in [0.717, 1.165) is 0 Å². The fraction of sp³-hybridized carbons (Fsp3) is 0.312. The highest BCUT2D eigenvalue weighted by atomic mass is 35.5. The van der Waals surface area contributed by atoms with E-state index >= 15 is 0 Å². The summed E-state index contributed by atoms with van der Waals surface area (Å²) in [5.74, 6) is 0. The number of nitrogens with zero attached hydrogens (tertiary/aromatic N) is 1. The molecule has 0 saturated heterocycles. The SMILES string of the molecule is Cc1cnccc1CCCCc1ccccc1.Cl. The van der Waals surface area contributed by atoms with Gasteiger partial charge in [-0.2, -0.15) is 0 Å². The summed E-state index contributed by atoms with van der Waals surface area (Å²) in [4.78, 5) is 4.12. The van der Waals surface area contributed by atoms with Crippen LogP contribution in [0.5, 0.6) is 0 Å². The third-order valence-corrected chi connectivity index (χ3v) is 3.14. The van der Waals surface area contributed by atoms with E-state index in [1.165, 1.54) is 42.4 Å². The normalized spacial score (nSPS) is 9.83. The number of hydrogen-bond acceptors (Lipinski definition) is 1. The number of unbranched alkanes of at least 4 members (excludes halogenated alkanes) is 1. The average Bonchev–Trinajstić information content (AvgIpc) is 2.38. The summed E-state index contributed by atoms with van der Waals surface area (Å²) in [6, 6.07) is 12.8. The molecule has 1 aromatic carbocycles. The van der Waals surface area contributed by atoms with E-state index in [0.29, 0.717) is 0 Å². The molecule has 0 aliphatic heterocycles. The van der Waals surface area contributed by atoms with Crippen molar-refractivity contribution in [3.05, 3.63) is 65.5 Å². The minimum absolute atomic E-state index is 0. The number of hydrogen-bond donors (Lipinski definition) is 0. The van der Waals surface area contributed by atoms with Crippen molar-refractivity contribution in [2.24, 2.45) is 0 Å². The second-order valence-corrected chi connectivity index (χ2v) is 4.49. The van der Waals surface area contributed by atoms with Crippen LogP contribution in [0.2, 0.25) is 0 Å². The van der Waals surface area contributed by atoms with Crippen LogP contribution in [-0.4, -0.2) is 4.98 Å². The molecule has 1 nitrogen and oxygen atoms in total. The smallest absolute Gasteiger partial charge is 0.0299 e. The Balaban J connectivity index is 0.00000162. The van der Waals surface area contributed by atoms with Gasteiger partial charge in [-0.1, -0.05) is 30.3 Å². The molecule has 2 heteroatoms. The lowest BCUT2D eigenvalue weighted by Crippen LogP contribution is -1.92. The van der Waals surface area contributed by atoms with E-state index in [-0.39, 0.29) is 12.4 Å². The van der Waals surface area contributed by atoms with Crippen molar-refractivity contribution >= 4 is 12.4 Å². The zero-order valence-electron chi connectivity index (χ0n) is 10.8. The Labute approximate surface area is 116 Å². The monoisotopic (exact) mass is 261 g/mol. The number of aryl methyl sites for hydroxylation is 3. The van der Waals surface area contributed by atoms with Gasteiger partial charge in [-0.15, -0.1) is 12.4 Å². The molecule has 0 amide bonds. The maximum absolute atomic E-state index is 4.12. The summed E-state index contributed by atoms with van der Waals surface area (Å²) < 4.78 is 0. The zero-order valence-corrected chi connectivity index (χ0v) is 11.6. The minimum atomic E-state index is 0. The Morgan fingerprint density at radius 3 is 2.39 bits per heavy atom. The molecular formula is C16H20ClN. The largest absolute Gasteiger partial charge is 0.264 e. The van der Waals surface area contributed by atoms with E-state index in [4.69, 9.17) is 0 Å². The van der Waals surface area contributed by atoms with Crippen molar-refractivity contribution in [1.82, 2.24) is 4.98 Å². The highest BCUT2D eigenvalue weighted by Crippen LogP contribution is 2.11. The Kier molecular flexibility index (Phi) is 6.45. The zero-order chi connectivity index (χ0) is 11.9. The van der Waals surface area contributed by atoms with Gasteiger partial charge in [-0.25, -0.2) is 0 Å². The molecule has 0 spiro atoms. The molecule has 18 heavy (non-hydrogen) atoms. The van der Waals surface area contributed by atoms with Crippen LogP contribution in [0.15, 0.2) is 48.8 Å². The molecule has 2 aromatic rings. The molecule has 0 N–H and O–H groups in total. The third-order valence-electron chi connectivity index (χ3n) is 3.14. The molecule has 0 aliphatic rings. The highest BCUT2D eigenvalue weighted by Gasteiger charge is 1.98. The fourth-order valence-corrected chi connectivity index (χ4v) is 2.07. The van der Waals surface area contributed by atoms with E-state index < -0.39 is 0 Å². The van der Waals surface area contributed by atoms with Crippen molar-refractivity contribution in [1.29, 1.82) is 0 Å². The summed E-state index contributed by atoms with van der Waals surface area (Å²) >= 11 is 0. The van der Waals surface area contributed by atoms with Crippen molar-refractivity contribution in [2.45, 2.75) is 32.6 Å². The first-order valence-electron chi connectivity index (χ1n) is 6.29. The third kappa shape index (κ3) is 4.50. The first-order valence-corrected chi connectivity index (χ1v) is 6.29. The molecule has 0 bridgehead atoms. The van der Waals surface area contributed by atoms with Crippen molar-refractivity contribution in [2.75, 3.05) is 0 Å². The van der Waals surface area contributed by atoms with Crippen molar-refractivity contribution in [3.8, 4) is 0 Å². The van der Waals surface area contributed by atoms with Gasteiger partial charge in [0.2, 0.25) is 0 Å². The van der Waals surface area contributed by atoms with E-state index in [1.807, 2.05) is 12.4 Å². The van der Waals surface area contributed by atoms with Crippen LogP contribution in [0.25, 0.3) is 0 Å². The fourth-order valence-electron chi connectivity index (χ4n) is 2.07. The molecule has 1 aromatic heterocycles. The van der Waals surface area contributed by atoms with Crippen molar-refractivity contribution < 1.29 is 0 Å². The first-order chi connectivity index (χ1) is 8.36. The molecule has 0 saturated carbocycles. The Hall–Kier alpha value is -1.34. The van der Waals surface area contributed by atoms with Gasteiger partial charge in [0.15, 0.2) is 0 Å². The standard InChI is InChI=1S/C16H19N.ClH/c1-14-13-17-12-11-16(14)10-6-5-9-15-7-3-2-4-8-15;/h2-4,7-8,11-13H,5-6,9-10H2,1H3;1H. The molecule has 96 valence electrons. The van der Waals surface area contributed by atoms with E-state index in [1.54, 1.807) is 0 Å². The van der Waals surface area contributed by atoms with Gasteiger partial charge in [0.1, 0.15) is 0 Å². The topological polar surface area (TPSA) is 12.9 Å². The van der Waals surface area contributed by atoms with Crippen LogP contribution in [0, 0.1) is 6.92 Å². The van der Waals surface area contributed by atoms with Gasteiger partial charge in [0.05, 0.1) is 0 Å². The first kappa shape index (κ1) is 14.7. The van der Waals surface area contributed by atoms with Gasteiger partial charge in [-0.3, -0.25) is 4.98 Å². The van der Waals surface area contributed by atoms with E-state index in [9.17, 15) is 0 Å². The van der Waals surface area contributed by atoms with Gasteiger partial charge in [0.25, 0.3) is 0 Å². The summed E-state index contributed by atoms with van der Waals surface area (Å²) in [7, 11) is 0. The van der Waals surface area contributed by atoms with Crippen molar-refractivity contribution in [3.63, 3.8) is 0 Å². The van der Waals surface area contributed by atoms with Gasteiger partial charge >= 0.3 is 0 Å². The summed E-state index contributed by atoms with van der Waals surface area (Å²) in [6.45, 7) is 2.14. The number of pyridine rings is 1. The minimum Gasteiger partial charge on any atom is -0.264 e. The van der Waals surface area contributed by atoms with Gasteiger partial charge in [-0.05, 0) is 55.4 Å². The molecule has 0 atom stereocenters. The maximum atomic E-state index is 4.12. The molecule has 0 aliphatic carbocycles. The highest BCUT2D eigenvalue weighted by molar-refractivity contribution is 5.85. The number of aromatic nitrogens is 1. The lowest BCUT2D eigenvalue weighted by Gasteiger charge is -2.05. The molecule has 0 fully saturated rings. The Morgan fingerprint density at radius 1 is 0.944 bits per heavy atom. The molecular weight excluding hydrogens is 242 g/mol. The van der Waals surface area contributed by atoms with Crippen LogP contribution in [0.3, 0.4) is 0 Å². The number of benzene rings is 1. The van der Waals surface area contributed by atoms with Crippen LogP contribution >= 0.6 is 12.4 Å². The summed E-state index contributed by atoms with van der Waals surface area (Å²) in [5.41, 5.74) is 4.19. The number of halogens is 1. The Morgan fingerprint density at radius 2 is 1.67 bits per heavy atom.